The largest absolute Gasteiger partial charge is 0.384 e. The molecule has 0 atom stereocenters. The van der Waals surface area contributed by atoms with Crippen molar-refractivity contribution < 1.29 is 0 Å². The number of pyridine rings is 1. The van der Waals surface area contributed by atoms with Crippen LogP contribution in [0.5, 0.6) is 0 Å². The number of benzene rings is 2. The topological polar surface area (TPSA) is 43.8 Å². The highest BCUT2D eigenvalue weighted by Gasteiger charge is 2.11. The molecule has 2 aromatic heterocycles. The number of aromatic nitrogens is 2. The maximum Gasteiger partial charge on any atom is 0.124 e. The molecule has 102 valence electrons. The third-order valence-electron chi connectivity index (χ3n) is 3.86. The van der Waals surface area contributed by atoms with Crippen molar-refractivity contribution in [3.05, 3.63) is 72.4 Å². The van der Waals surface area contributed by atoms with Crippen LogP contribution in [0.15, 0.2) is 66.9 Å². The molecule has 0 aliphatic carbocycles. The van der Waals surface area contributed by atoms with E-state index in [1.165, 1.54) is 16.5 Å². The van der Waals surface area contributed by atoms with Gasteiger partial charge in [-0.2, -0.15) is 0 Å². The Kier molecular flexibility index (Phi) is 2.64. The summed E-state index contributed by atoms with van der Waals surface area (Å²) in [6.07, 6.45) is 1.87. The molecule has 21 heavy (non-hydrogen) atoms. The van der Waals surface area contributed by atoms with E-state index in [9.17, 15) is 0 Å². The van der Waals surface area contributed by atoms with Gasteiger partial charge < -0.3 is 10.3 Å². The highest BCUT2D eigenvalue weighted by molar-refractivity contribution is 6.08. The second-order valence-corrected chi connectivity index (χ2v) is 5.22. The zero-order chi connectivity index (χ0) is 14.2. The van der Waals surface area contributed by atoms with Crippen LogP contribution in [-0.4, -0.2) is 9.55 Å². The molecule has 4 aromatic rings. The average Bonchev–Trinajstić information content (AvgIpc) is 2.82. The van der Waals surface area contributed by atoms with Crippen LogP contribution in [0.25, 0.3) is 21.8 Å². The fourth-order valence-corrected chi connectivity index (χ4v) is 2.90. The maximum absolute atomic E-state index is 5.86. The predicted octanol–water partition coefficient (Wildman–Crippen LogP) is 3.82. The van der Waals surface area contributed by atoms with Gasteiger partial charge in [-0.1, -0.05) is 48.5 Å². The summed E-state index contributed by atoms with van der Waals surface area (Å²) in [4.78, 5) is 4.26. The van der Waals surface area contributed by atoms with Crippen molar-refractivity contribution in [2.75, 3.05) is 5.73 Å². The van der Waals surface area contributed by atoms with Gasteiger partial charge in [0.2, 0.25) is 0 Å². The number of rotatable bonds is 2. The summed E-state index contributed by atoms with van der Waals surface area (Å²) in [5.74, 6) is 0.560. The molecular formula is C18H15N3. The Balaban J connectivity index is 2.01. The smallest absolute Gasteiger partial charge is 0.124 e. The average molecular weight is 273 g/mol. The van der Waals surface area contributed by atoms with Gasteiger partial charge in [-0.3, -0.25) is 0 Å². The van der Waals surface area contributed by atoms with Gasteiger partial charge in [0.25, 0.3) is 0 Å². The predicted molar refractivity (Wildman–Crippen MR) is 87.2 cm³/mol. The fourth-order valence-electron chi connectivity index (χ4n) is 2.90. The number of nitrogen functional groups attached to an aromatic ring is 1. The molecule has 0 aliphatic heterocycles. The van der Waals surface area contributed by atoms with Crippen molar-refractivity contribution in [3.8, 4) is 0 Å². The Morgan fingerprint density at radius 1 is 0.857 bits per heavy atom. The first kappa shape index (κ1) is 12.0. The van der Waals surface area contributed by atoms with Crippen LogP contribution in [-0.2, 0) is 6.54 Å². The number of para-hydroxylation sites is 1. The Hall–Kier alpha value is -2.81. The van der Waals surface area contributed by atoms with Crippen molar-refractivity contribution in [2.24, 2.45) is 0 Å². The van der Waals surface area contributed by atoms with E-state index in [2.05, 4.69) is 58.1 Å². The van der Waals surface area contributed by atoms with Gasteiger partial charge in [-0.25, -0.2) is 4.98 Å². The lowest BCUT2D eigenvalue weighted by atomic mass is 10.2. The van der Waals surface area contributed by atoms with E-state index >= 15 is 0 Å². The van der Waals surface area contributed by atoms with Gasteiger partial charge in [0.05, 0.1) is 11.7 Å². The lowest BCUT2D eigenvalue weighted by molar-refractivity contribution is 0.867. The molecule has 0 aliphatic rings. The first-order valence-corrected chi connectivity index (χ1v) is 6.99. The number of fused-ring (bicyclic) bond motifs is 3. The number of hydrogen-bond donors (Lipinski definition) is 1. The fraction of sp³-hybridized carbons (Fsp3) is 0.0556. The van der Waals surface area contributed by atoms with E-state index in [1.54, 1.807) is 0 Å². The van der Waals surface area contributed by atoms with Gasteiger partial charge in [0.15, 0.2) is 0 Å². The quantitative estimate of drug-likeness (QED) is 0.603. The number of anilines is 1. The zero-order valence-corrected chi connectivity index (χ0v) is 11.5. The molecule has 3 heteroatoms. The van der Waals surface area contributed by atoms with Crippen LogP contribution in [0.4, 0.5) is 5.82 Å². The van der Waals surface area contributed by atoms with Gasteiger partial charge in [-0.05, 0) is 17.7 Å². The third-order valence-corrected chi connectivity index (χ3v) is 3.86. The molecule has 0 amide bonds. The number of nitrogens with zero attached hydrogens (tertiary/aromatic N) is 2. The molecule has 0 saturated carbocycles. The molecule has 0 saturated heterocycles. The lowest BCUT2D eigenvalue weighted by Gasteiger charge is -2.07. The Morgan fingerprint density at radius 3 is 2.48 bits per heavy atom. The first-order chi connectivity index (χ1) is 10.3. The molecule has 2 N–H and O–H groups in total. The minimum atomic E-state index is 0.560. The molecule has 3 nitrogen and oxygen atoms in total. The summed E-state index contributed by atoms with van der Waals surface area (Å²) < 4.78 is 2.30. The Bertz CT molecular complexity index is 923. The van der Waals surface area contributed by atoms with Gasteiger partial charge in [0.1, 0.15) is 5.82 Å². The SMILES string of the molecule is Nc1cc2c3ccccc3n(Cc3ccccc3)c2cn1. The first-order valence-electron chi connectivity index (χ1n) is 6.99. The van der Waals surface area contributed by atoms with Crippen LogP contribution >= 0.6 is 0 Å². The monoisotopic (exact) mass is 273 g/mol. The molecule has 4 rings (SSSR count). The molecule has 2 heterocycles. The highest BCUT2D eigenvalue weighted by Crippen LogP contribution is 2.30. The summed E-state index contributed by atoms with van der Waals surface area (Å²) in [6, 6.07) is 20.8. The molecule has 2 aromatic carbocycles. The normalized spacial score (nSPS) is 11.2. The molecule has 0 fully saturated rings. The molecular weight excluding hydrogens is 258 g/mol. The highest BCUT2D eigenvalue weighted by atomic mass is 15.0. The van der Waals surface area contributed by atoms with Crippen LogP contribution in [0, 0.1) is 0 Å². The standard InChI is InChI=1S/C18H15N3/c19-18-10-15-14-8-4-5-9-16(14)21(17(15)11-20-18)12-13-6-2-1-3-7-13/h1-11H,12H2,(H2,19,20). The molecule has 0 bridgehead atoms. The summed E-state index contributed by atoms with van der Waals surface area (Å²) >= 11 is 0. The number of hydrogen-bond acceptors (Lipinski definition) is 2. The van der Waals surface area contributed by atoms with Gasteiger partial charge >= 0.3 is 0 Å². The van der Waals surface area contributed by atoms with Crippen LogP contribution in [0.3, 0.4) is 0 Å². The van der Waals surface area contributed by atoms with Gasteiger partial charge in [0, 0.05) is 22.8 Å². The van der Waals surface area contributed by atoms with E-state index in [0.29, 0.717) is 5.82 Å². The lowest BCUT2D eigenvalue weighted by Crippen LogP contribution is -1.99. The zero-order valence-electron chi connectivity index (χ0n) is 11.5. The molecule has 0 unspecified atom stereocenters. The number of nitrogens with two attached hydrogens (primary N) is 1. The summed E-state index contributed by atoms with van der Waals surface area (Å²) in [7, 11) is 0. The molecule has 0 spiro atoms. The Labute approximate surface area is 122 Å². The second-order valence-electron chi connectivity index (χ2n) is 5.22. The Morgan fingerprint density at radius 2 is 1.62 bits per heavy atom. The van der Waals surface area contributed by atoms with Crippen LogP contribution in [0.1, 0.15) is 5.56 Å². The van der Waals surface area contributed by atoms with E-state index in [0.717, 1.165) is 17.4 Å². The summed E-state index contributed by atoms with van der Waals surface area (Å²) in [6.45, 7) is 0.830. The van der Waals surface area contributed by atoms with Crippen molar-refractivity contribution in [2.45, 2.75) is 6.54 Å². The van der Waals surface area contributed by atoms with Crippen molar-refractivity contribution in [3.63, 3.8) is 0 Å². The summed E-state index contributed by atoms with van der Waals surface area (Å²) in [5.41, 5.74) is 9.46. The van der Waals surface area contributed by atoms with Crippen molar-refractivity contribution >= 4 is 27.6 Å². The maximum atomic E-state index is 5.86. The second kappa shape index (κ2) is 4.63. The minimum absolute atomic E-state index is 0.560. The minimum Gasteiger partial charge on any atom is -0.384 e. The van der Waals surface area contributed by atoms with Crippen LogP contribution < -0.4 is 5.73 Å². The summed E-state index contributed by atoms with van der Waals surface area (Å²) in [5, 5.41) is 2.38. The van der Waals surface area contributed by atoms with Crippen molar-refractivity contribution in [1.29, 1.82) is 0 Å². The van der Waals surface area contributed by atoms with Gasteiger partial charge in [-0.15, -0.1) is 0 Å². The van der Waals surface area contributed by atoms with E-state index in [4.69, 9.17) is 5.73 Å². The van der Waals surface area contributed by atoms with Crippen molar-refractivity contribution in [1.82, 2.24) is 9.55 Å². The van der Waals surface area contributed by atoms with E-state index in [1.807, 2.05) is 18.3 Å². The third kappa shape index (κ3) is 1.94. The van der Waals surface area contributed by atoms with E-state index < -0.39 is 0 Å². The molecule has 0 radical (unpaired) electrons. The van der Waals surface area contributed by atoms with E-state index in [-0.39, 0.29) is 0 Å². The van der Waals surface area contributed by atoms with Crippen LogP contribution in [0.2, 0.25) is 0 Å².